The minimum atomic E-state index is -0.162. The van der Waals surface area contributed by atoms with Crippen LogP contribution in [0.2, 0.25) is 0 Å². The van der Waals surface area contributed by atoms with Gasteiger partial charge in [-0.2, -0.15) is 0 Å². The van der Waals surface area contributed by atoms with Gasteiger partial charge in [0, 0.05) is 0 Å². The van der Waals surface area contributed by atoms with Crippen molar-refractivity contribution in [3.63, 3.8) is 0 Å². The van der Waals surface area contributed by atoms with E-state index >= 15 is 0 Å². The molecule has 0 saturated carbocycles. The van der Waals surface area contributed by atoms with E-state index in [-0.39, 0.29) is 5.60 Å². The summed E-state index contributed by atoms with van der Waals surface area (Å²) < 4.78 is 5.92. The second-order valence-electron chi connectivity index (χ2n) is 5.88. The Kier molecular flexibility index (Phi) is 2.70. The van der Waals surface area contributed by atoms with Gasteiger partial charge in [0.1, 0.15) is 11.4 Å². The van der Waals surface area contributed by atoms with E-state index < -0.39 is 0 Å². The lowest BCUT2D eigenvalue weighted by Crippen LogP contribution is -2.22. The molecular formula is C18H18O. The molecule has 0 aliphatic rings. The van der Waals surface area contributed by atoms with Crippen LogP contribution >= 0.6 is 0 Å². The largest absolute Gasteiger partial charge is 0.488 e. The molecule has 0 radical (unpaired) electrons. The highest BCUT2D eigenvalue weighted by molar-refractivity contribution is 6.07. The smallest absolute Gasteiger partial charge is 0.120 e. The van der Waals surface area contributed by atoms with Gasteiger partial charge in [-0.25, -0.2) is 0 Å². The lowest BCUT2D eigenvalue weighted by Gasteiger charge is -2.21. The van der Waals surface area contributed by atoms with Gasteiger partial charge in [-0.3, -0.25) is 0 Å². The first-order chi connectivity index (χ1) is 9.03. The predicted octanol–water partition coefficient (Wildman–Crippen LogP) is 5.17. The molecule has 3 rings (SSSR count). The van der Waals surface area contributed by atoms with Crippen LogP contribution in [-0.4, -0.2) is 5.60 Å². The first-order valence-corrected chi connectivity index (χ1v) is 6.63. The van der Waals surface area contributed by atoms with Gasteiger partial charge in [-0.05, 0) is 54.4 Å². The SMILES string of the molecule is CC(C)(C)Oc1ccc2c(ccc3ccccc32)c1. The summed E-state index contributed by atoms with van der Waals surface area (Å²) in [5.41, 5.74) is -0.162. The molecule has 0 aliphatic carbocycles. The molecule has 0 bridgehead atoms. The Morgan fingerprint density at radius 1 is 0.737 bits per heavy atom. The zero-order chi connectivity index (χ0) is 13.5. The molecule has 0 N–H and O–H groups in total. The van der Waals surface area contributed by atoms with E-state index in [4.69, 9.17) is 4.74 Å². The summed E-state index contributed by atoms with van der Waals surface area (Å²) in [6.07, 6.45) is 0. The standard InChI is InChI=1S/C18H18O/c1-18(2,3)19-15-10-11-17-14(12-15)9-8-13-6-4-5-7-16(13)17/h4-12H,1-3H3. The average Bonchev–Trinajstić information content (AvgIpc) is 2.36. The van der Waals surface area contributed by atoms with Crippen LogP contribution in [0.4, 0.5) is 0 Å². The highest BCUT2D eigenvalue weighted by atomic mass is 16.5. The van der Waals surface area contributed by atoms with Crippen molar-refractivity contribution in [1.29, 1.82) is 0 Å². The molecule has 0 fully saturated rings. The van der Waals surface area contributed by atoms with Crippen molar-refractivity contribution >= 4 is 21.5 Å². The van der Waals surface area contributed by atoms with Crippen molar-refractivity contribution in [2.45, 2.75) is 26.4 Å². The third kappa shape index (κ3) is 2.41. The molecule has 0 atom stereocenters. The fourth-order valence-corrected chi connectivity index (χ4v) is 2.41. The van der Waals surface area contributed by atoms with Crippen molar-refractivity contribution < 1.29 is 4.74 Å². The summed E-state index contributed by atoms with van der Waals surface area (Å²) in [5, 5.41) is 5.07. The van der Waals surface area contributed by atoms with Gasteiger partial charge in [-0.1, -0.05) is 42.5 Å². The topological polar surface area (TPSA) is 9.23 Å². The zero-order valence-corrected chi connectivity index (χ0v) is 11.6. The molecule has 3 aromatic carbocycles. The molecule has 0 saturated heterocycles. The van der Waals surface area contributed by atoms with Crippen molar-refractivity contribution in [3.05, 3.63) is 54.6 Å². The number of ether oxygens (including phenoxy) is 1. The summed E-state index contributed by atoms with van der Waals surface area (Å²) in [6.45, 7) is 6.20. The van der Waals surface area contributed by atoms with E-state index in [1.54, 1.807) is 0 Å². The van der Waals surface area contributed by atoms with Gasteiger partial charge < -0.3 is 4.74 Å². The summed E-state index contributed by atoms with van der Waals surface area (Å²) in [7, 11) is 0. The number of benzene rings is 3. The van der Waals surface area contributed by atoms with Gasteiger partial charge in [0.2, 0.25) is 0 Å². The highest BCUT2D eigenvalue weighted by Gasteiger charge is 2.12. The maximum absolute atomic E-state index is 5.92. The van der Waals surface area contributed by atoms with Crippen LogP contribution in [0.15, 0.2) is 54.6 Å². The van der Waals surface area contributed by atoms with Crippen LogP contribution in [0.3, 0.4) is 0 Å². The molecule has 96 valence electrons. The Morgan fingerprint density at radius 2 is 1.42 bits per heavy atom. The number of hydrogen-bond donors (Lipinski definition) is 0. The van der Waals surface area contributed by atoms with Crippen molar-refractivity contribution in [3.8, 4) is 5.75 Å². The fourth-order valence-electron chi connectivity index (χ4n) is 2.41. The molecule has 0 unspecified atom stereocenters. The quantitative estimate of drug-likeness (QED) is 0.541. The Bertz CT molecular complexity index is 735. The molecular weight excluding hydrogens is 232 g/mol. The molecule has 0 spiro atoms. The van der Waals surface area contributed by atoms with Gasteiger partial charge >= 0.3 is 0 Å². The van der Waals surface area contributed by atoms with Crippen LogP contribution in [0.5, 0.6) is 5.75 Å². The molecule has 1 nitrogen and oxygen atoms in total. The lowest BCUT2D eigenvalue weighted by molar-refractivity contribution is 0.131. The molecule has 0 amide bonds. The minimum Gasteiger partial charge on any atom is -0.488 e. The summed E-state index contributed by atoms with van der Waals surface area (Å²) in [6, 6.07) is 19.1. The maximum Gasteiger partial charge on any atom is 0.120 e. The third-order valence-electron chi connectivity index (χ3n) is 3.14. The Hall–Kier alpha value is -2.02. The molecule has 0 aliphatic heterocycles. The van der Waals surface area contributed by atoms with Crippen LogP contribution in [-0.2, 0) is 0 Å². The Balaban J connectivity index is 2.17. The van der Waals surface area contributed by atoms with E-state index in [0.29, 0.717) is 0 Å². The first-order valence-electron chi connectivity index (χ1n) is 6.63. The maximum atomic E-state index is 5.92. The van der Waals surface area contributed by atoms with E-state index in [9.17, 15) is 0 Å². The van der Waals surface area contributed by atoms with E-state index in [1.807, 2.05) is 0 Å². The van der Waals surface area contributed by atoms with Gasteiger partial charge in [-0.15, -0.1) is 0 Å². The summed E-state index contributed by atoms with van der Waals surface area (Å²) in [4.78, 5) is 0. The minimum absolute atomic E-state index is 0.162. The fraction of sp³-hybridized carbons (Fsp3) is 0.222. The van der Waals surface area contributed by atoms with Crippen molar-refractivity contribution in [2.24, 2.45) is 0 Å². The number of hydrogen-bond acceptors (Lipinski definition) is 1. The third-order valence-corrected chi connectivity index (χ3v) is 3.14. The van der Waals surface area contributed by atoms with Crippen molar-refractivity contribution in [1.82, 2.24) is 0 Å². The Labute approximate surface area is 113 Å². The van der Waals surface area contributed by atoms with Gasteiger partial charge in [0.15, 0.2) is 0 Å². The highest BCUT2D eigenvalue weighted by Crippen LogP contribution is 2.29. The summed E-state index contributed by atoms with van der Waals surface area (Å²) >= 11 is 0. The van der Waals surface area contributed by atoms with Crippen LogP contribution < -0.4 is 4.74 Å². The second-order valence-corrected chi connectivity index (χ2v) is 5.88. The van der Waals surface area contributed by atoms with Crippen LogP contribution in [0, 0.1) is 0 Å². The molecule has 1 heteroatoms. The van der Waals surface area contributed by atoms with E-state index in [0.717, 1.165) is 5.75 Å². The van der Waals surface area contributed by atoms with Gasteiger partial charge in [0.05, 0.1) is 0 Å². The summed E-state index contributed by atoms with van der Waals surface area (Å²) in [5.74, 6) is 0.926. The molecule has 3 aromatic rings. The number of rotatable bonds is 1. The molecule has 19 heavy (non-hydrogen) atoms. The second kappa shape index (κ2) is 4.27. The van der Waals surface area contributed by atoms with E-state index in [1.165, 1.54) is 21.5 Å². The lowest BCUT2D eigenvalue weighted by atomic mass is 10.0. The van der Waals surface area contributed by atoms with Crippen LogP contribution in [0.25, 0.3) is 21.5 Å². The number of fused-ring (bicyclic) bond motifs is 3. The van der Waals surface area contributed by atoms with Crippen LogP contribution in [0.1, 0.15) is 20.8 Å². The van der Waals surface area contributed by atoms with Crippen molar-refractivity contribution in [2.75, 3.05) is 0 Å². The normalized spacial score (nSPS) is 11.9. The predicted molar refractivity (Wildman–Crippen MR) is 81.8 cm³/mol. The average molecular weight is 250 g/mol. The first kappa shape index (κ1) is 12.0. The Morgan fingerprint density at radius 3 is 2.21 bits per heavy atom. The molecule has 0 aromatic heterocycles. The zero-order valence-electron chi connectivity index (χ0n) is 11.6. The monoisotopic (exact) mass is 250 g/mol. The van der Waals surface area contributed by atoms with Gasteiger partial charge in [0.25, 0.3) is 0 Å². The molecule has 0 heterocycles. The van der Waals surface area contributed by atoms with E-state index in [2.05, 4.69) is 75.4 Å².